The van der Waals surface area contributed by atoms with Crippen molar-refractivity contribution in [2.75, 3.05) is 7.11 Å². The van der Waals surface area contributed by atoms with Gasteiger partial charge in [0.05, 0.1) is 7.11 Å². The van der Waals surface area contributed by atoms with E-state index < -0.39 is 0 Å². The fourth-order valence-electron chi connectivity index (χ4n) is 1.82. The predicted octanol–water partition coefficient (Wildman–Crippen LogP) is 3.52. The van der Waals surface area contributed by atoms with E-state index in [0.29, 0.717) is 12.1 Å². The Morgan fingerprint density at radius 2 is 1.90 bits per heavy atom. The molecule has 0 spiro atoms. The Bertz CT molecular complexity index is 581. The average Bonchev–Trinajstić information content (AvgIpc) is 2.53. The second-order valence-electron chi connectivity index (χ2n) is 4.36. The lowest BCUT2D eigenvalue weighted by molar-refractivity contribution is 0.0951. The maximum atomic E-state index is 12.1. The van der Waals surface area contributed by atoms with E-state index >= 15 is 0 Å². The molecular weight excluding hydrogens is 318 g/mol. The van der Waals surface area contributed by atoms with Gasteiger partial charge in [0.15, 0.2) is 0 Å². The second kappa shape index (κ2) is 7.10. The van der Waals surface area contributed by atoms with Gasteiger partial charge in [0.2, 0.25) is 0 Å². The van der Waals surface area contributed by atoms with Crippen LogP contribution in [-0.2, 0) is 11.9 Å². The van der Waals surface area contributed by atoms with Gasteiger partial charge in [-0.05, 0) is 35.4 Å². The van der Waals surface area contributed by atoms with Gasteiger partial charge in [-0.2, -0.15) is 0 Å². The molecule has 0 aliphatic carbocycles. The van der Waals surface area contributed by atoms with Gasteiger partial charge in [-0.1, -0.05) is 40.2 Å². The van der Waals surface area contributed by atoms with Crippen molar-refractivity contribution >= 4 is 21.8 Å². The van der Waals surface area contributed by atoms with E-state index in [-0.39, 0.29) is 5.91 Å². The zero-order valence-electron chi connectivity index (χ0n) is 11.2. The smallest absolute Gasteiger partial charge is 0.251 e. The molecule has 2 aromatic rings. The molecule has 0 saturated heterocycles. The highest BCUT2D eigenvalue weighted by atomic mass is 79.9. The van der Waals surface area contributed by atoms with E-state index in [1.807, 2.05) is 48.5 Å². The normalized spacial score (nSPS) is 10.1. The van der Waals surface area contributed by atoms with Gasteiger partial charge in [-0.25, -0.2) is 0 Å². The molecule has 2 aromatic carbocycles. The van der Waals surface area contributed by atoms with Crippen LogP contribution in [0.3, 0.4) is 0 Å². The zero-order chi connectivity index (χ0) is 14.4. The lowest BCUT2D eigenvalue weighted by Crippen LogP contribution is -2.22. The monoisotopic (exact) mass is 333 g/mol. The van der Waals surface area contributed by atoms with Gasteiger partial charge in [-0.3, -0.25) is 4.79 Å². The third kappa shape index (κ3) is 3.84. The van der Waals surface area contributed by atoms with Crippen LogP contribution in [0.4, 0.5) is 0 Å². The summed E-state index contributed by atoms with van der Waals surface area (Å²) in [7, 11) is 1.63. The number of carbonyl (C=O) groups is 1. The van der Waals surface area contributed by atoms with Gasteiger partial charge in [0.25, 0.3) is 5.91 Å². The number of rotatable bonds is 5. The number of methoxy groups -OCH3 is 1. The molecule has 0 unspecified atom stereocenters. The van der Waals surface area contributed by atoms with Crippen LogP contribution in [0.25, 0.3) is 0 Å². The van der Waals surface area contributed by atoms with Crippen LogP contribution < -0.4 is 10.1 Å². The van der Waals surface area contributed by atoms with Gasteiger partial charge >= 0.3 is 0 Å². The molecule has 104 valence electrons. The van der Waals surface area contributed by atoms with Gasteiger partial charge in [0, 0.05) is 17.4 Å². The largest absolute Gasteiger partial charge is 0.497 e. The number of ether oxygens (including phenoxy) is 1. The number of nitrogens with one attached hydrogen (secondary N) is 1. The Morgan fingerprint density at radius 1 is 1.15 bits per heavy atom. The van der Waals surface area contributed by atoms with E-state index in [1.165, 1.54) is 0 Å². The van der Waals surface area contributed by atoms with Crippen LogP contribution >= 0.6 is 15.9 Å². The summed E-state index contributed by atoms with van der Waals surface area (Å²) >= 11 is 3.39. The van der Waals surface area contributed by atoms with Crippen LogP contribution in [0.1, 0.15) is 21.5 Å². The van der Waals surface area contributed by atoms with Crippen molar-refractivity contribution in [1.82, 2.24) is 5.32 Å². The van der Waals surface area contributed by atoms with Crippen LogP contribution in [0.15, 0.2) is 48.5 Å². The number of amides is 1. The predicted molar refractivity (Wildman–Crippen MR) is 83.2 cm³/mol. The first-order valence-corrected chi connectivity index (χ1v) is 7.41. The molecule has 0 aliphatic rings. The Kier molecular flexibility index (Phi) is 5.18. The summed E-state index contributed by atoms with van der Waals surface area (Å²) in [4.78, 5) is 12.1. The summed E-state index contributed by atoms with van der Waals surface area (Å²) in [5.74, 6) is 0.744. The fraction of sp³-hybridized carbons (Fsp3) is 0.188. The molecule has 20 heavy (non-hydrogen) atoms. The molecule has 0 radical (unpaired) electrons. The second-order valence-corrected chi connectivity index (χ2v) is 4.93. The summed E-state index contributed by atoms with van der Waals surface area (Å²) in [5, 5.41) is 3.65. The van der Waals surface area contributed by atoms with Crippen LogP contribution in [0, 0.1) is 0 Å². The van der Waals surface area contributed by atoms with Crippen molar-refractivity contribution < 1.29 is 9.53 Å². The van der Waals surface area contributed by atoms with E-state index in [0.717, 1.165) is 22.2 Å². The first kappa shape index (κ1) is 14.6. The van der Waals surface area contributed by atoms with Crippen LogP contribution in [0.2, 0.25) is 0 Å². The molecule has 1 amide bonds. The number of carbonyl (C=O) groups excluding carboxylic acids is 1. The van der Waals surface area contributed by atoms with E-state index in [2.05, 4.69) is 21.2 Å². The Hall–Kier alpha value is -1.81. The minimum absolute atomic E-state index is 0.0661. The molecule has 4 heteroatoms. The summed E-state index contributed by atoms with van der Waals surface area (Å²) < 4.78 is 5.10. The average molecular weight is 334 g/mol. The standard InChI is InChI=1S/C16H16BrNO2/c1-20-15-7-5-12(6-8-15)11-18-16(19)14-4-2-3-13(9-14)10-17/h2-9H,10-11H2,1H3,(H,18,19). The fourth-order valence-corrected chi connectivity index (χ4v) is 2.17. The molecule has 0 aliphatic heterocycles. The van der Waals surface area contributed by atoms with Crippen molar-refractivity contribution in [3.8, 4) is 5.75 Å². The summed E-state index contributed by atoms with van der Waals surface area (Å²) in [5.41, 5.74) is 2.80. The topological polar surface area (TPSA) is 38.3 Å². The number of alkyl halides is 1. The van der Waals surface area contributed by atoms with Gasteiger partial charge < -0.3 is 10.1 Å². The highest BCUT2D eigenvalue weighted by Crippen LogP contribution is 2.12. The first-order valence-electron chi connectivity index (χ1n) is 6.29. The maximum absolute atomic E-state index is 12.1. The molecule has 0 saturated carbocycles. The highest BCUT2D eigenvalue weighted by molar-refractivity contribution is 9.08. The van der Waals surface area contributed by atoms with Gasteiger partial charge in [0.1, 0.15) is 5.75 Å². The minimum Gasteiger partial charge on any atom is -0.497 e. The lowest BCUT2D eigenvalue weighted by Gasteiger charge is -2.07. The summed E-state index contributed by atoms with van der Waals surface area (Å²) in [6.07, 6.45) is 0. The Morgan fingerprint density at radius 3 is 2.55 bits per heavy atom. The van der Waals surface area contributed by atoms with E-state index in [4.69, 9.17) is 4.74 Å². The van der Waals surface area contributed by atoms with Crippen molar-refractivity contribution in [3.05, 3.63) is 65.2 Å². The quantitative estimate of drug-likeness (QED) is 0.850. The van der Waals surface area contributed by atoms with Crippen LogP contribution in [-0.4, -0.2) is 13.0 Å². The van der Waals surface area contributed by atoms with E-state index in [9.17, 15) is 4.79 Å². The molecule has 2 rings (SSSR count). The summed E-state index contributed by atoms with van der Waals surface area (Å²) in [6.45, 7) is 0.501. The maximum Gasteiger partial charge on any atom is 0.251 e. The Labute approximate surface area is 127 Å². The summed E-state index contributed by atoms with van der Waals surface area (Å²) in [6, 6.07) is 15.2. The van der Waals surface area contributed by atoms with Crippen LogP contribution in [0.5, 0.6) is 5.75 Å². The van der Waals surface area contributed by atoms with Gasteiger partial charge in [-0.15, -0.1) is 0 Å². The number of hydrogen-bond donors (Lipinski definition) is 1. The van der Waals surface area contributed by atoms with Crippen molar-refractivity contribution in [3.63, 3.8) is 0 Å². The number of benzene rings is 2. The minimum atomic E-state index is -0.0661. The molecule has 3 nitrogen and oxygen atoms in total. The van der Waals surface area contributed by atoms with Crippen molar-refractivity contribution in [2.24, 2.45) is 0 Å². The van der Waals surface area contributed by atoms with E-state index in [1.54, 1.807) is 7.11 Å². The molecule has 0 heterocycles. The molecule has 0 atom stereocenters. The Balaban J connectivity index is 1.97. The molecule has 0 aromatic heterocycles. The number of hydrogen-bond acceptors (Lipinski definition) is 2. The van der Waals surface area contributed by atoms with Crippen molar-refractivity contribution in [2.45, 2.75) is 11.9 Å². The number of halogens is 1. The molecular formula is C16H16BrNO2. The lowest BCUT2D eigenvalue weighted by atomic mass is 10.1. The first-order chi connectivity index (χ1) is 9.72. The zero-order valence-corrected chi connectivity index (χ0v) is 12.8. The SMILES string of the molecule is COc1ccc(CNC(=O)c2cccc(CBr)c2)cc1. The third-order valence-electron chi connectivity index (χ3n) is 2.96. The molecule has 0 bridgehead atoms. The third-order valence-corrected chi connectivity index (χ3v) is 3.60. The van der Waals surface area contributed by atoms with Crippen molar-refractivity contribution in [1.29, 1.82) is 0 Å². The molecule has 1 N–H and O–H groups in total. The highest BCUT2D eigenvalue weighted by Gasteiger charge is 2.05. The molecule has 0 fully saturated rings.